The van der Waals surface area contributed by atoms with E-state index in [1.165, 1.54) is 0 Å². The molecule has 0 aliphatic carbocycles. The van der Waals surface area contributed by atoms with E-state index in [1.807, 2.05) is 0 Å². The van der Waals surface area contributed by atoms with Crippen molar-refractivity contribution in [1.82, 2.24) is 0 Å². The van der Waals surface area contributed by atoms with Crippen LogP contribution in [0.1, 0.15) is 26.7 Å². The number of ether oxygens (including phenoxy) is 1. The highest BCUT2D eigenvalue weighted by Crippen LogP contribution is 2.12. The predicted molar refractivity (Wildman–Crippen MR) is 69.1 cm³/mol. The molecule has 2 unspecified atom stereocenters. The third-order valence-electron chi connectivity index (χ3n) is 2.25. The molecule has 2 atom stereocenters. The molecule has 0 saturated heterocycles. The van der Waals surface area contributed by atoms with Crippen LogP contribution >= 0.6 is 23.2 Å². The summed E-state index contributed by atoms with van der Waals surface area (Å²) >= 11 is 11.5. The van der Waals surface area contributed by atoms with Gasteiger partial charge in [-0.1, -0.05) is 0 Å². The average molecular weight is 279 g/mol. The van der Waals surface area contributed by atoms with Gasteiger partial charge < -0.3 is 4.74 Å². The van der Waals surface area contributed by atoms with Gasteiger partial charge in [0.2, 0.25) is 0 Å². The molecule has 0 aromatic rings. The quantitative estimate of drug-likeness (QED) is 0.389. The molecule has 0 N–H and O–H groups in total. The topological polar surface area (TPSA) is 43.4 Å². The van der Waals surface area contributed by atoms with Crippen molar-refractivity contribution in [1.29, 1.82) is 0 Å². The Labute approximate surface area is 111 Å². The average Bonchev–Trinajstić information content (AvgIpc) is 2.27. The minimum Gasteiger partial charge on any atom is -0.381 e. The van der Waals surface area contributed by atoms with Crippen molar-refractivity contribution in [2.24, 2.45) is 0 Å². The van der Waals surface area contributed by atoms with E-state index in [-0.39, 0.29) is 10.8 Å². The second-order valence-electron chi connectivity index (χ2n) is 3.60. The number of hydrogen-bond acceptors (Lipinski definition) is 3. The van der Waals surface area contributed by atoms with Gasteiger partial charge in [-0.25, -0.2) is 9.59 Å². The first kappa shape index (κ1) is 16.4. The van der Waals surface area contributed by atoms with Crippen molar-refractivity contribution in [2.45, 2.75) is 37.4 Å². The summed E-state index contributed by atoms with van der Waals surface area (Å²) in [6.07, 6.45) is 0.898. The first-order chi connectivity index (χ1) is 8.02. The summed E-state index contributed by atoms with van der Waals surface area (Å²) in [7, 11) is 0. The molecule has 0 aromatic carbocycles. The van der Waals surface area contributed by atoms with Crippen LogP contribution in [0.25, 0.3) is 0 Å². The first-order valence-electron chi connectivity index (χ1n) is 5.36. The maximum Gasteiger partial charge on any atom is 0.125 e. The molecule has 0 heterocycles. The highest BCUT2D eigenvalue weighted by molar-refractivity contribution is 6.23. The largest absolute Gasteiger partial charge is 0.381 e. The van der Waals surface area contributed by atoms with Crippen LogP contribution in [0, 0.1) is 0 Å². The molecule has 0 rings (SSSR count). The zero-order chi connectivity index (χ0) is 13.3. The number of halogens is 2. The van der Waals surface area contributed by atoms with Crippen molar-refractivity contribution in [3.05, 3.63) is 11.1 Å². The lowest BCUT2D eigenvalue weighted by molar-refractivity contribution is 0.140. The van der Waals surface area contributed by atoms with Gasteiger partial charge in [0.05, 0.1) is 24.0 Å². The molecule has 17 heavy (non-hydrogen) atoms. The molecule has 0 fully saturated rings. The summed E-state index contributed by atoms with van der Waals surface area (Å²) in [5.74, 6) is 3.59. The van der Waals surface area contributed by atoms with Crippen molar-refractivity contribution >= 4 is 35.1 Å². The lowest BCUT2D eigenvalue weighted by Gasteiger charge is -2.08. The van der Waals surface area contributed by atoms with Gasteiger partial charge >= 0.3 is 0 Å². The van der Waals surface area contributed by atoms with Gasteiger partial charge in [-0.05, 0) is 13.8 Å². The number of alkyl halides is 2. The van der Waals surface area contributed by atoms with Crippen molar-refractivity contribution in [3.63, 3.8) is 0 Å². The molecular formula is C12H16Cl2O3. The number of rotatable bonds is 8. The standard InChI is InChI=1S/C12H16Cl2O3/c1-9(13)11(7-15)3-5-17-6-4-12(8-16)10(2)14/h9-10H,3-6H2,1-2H3. The van der Waals surface area contributed by atoms with Crippen LogP contribution in [0.2, 0.25) is 0 Å². The Hall–Kier alpha value is -0.560. The minimum absolute atomic E-state index is 0.329. The molecular weight excluding hydrogens is 263 g/mol. The summed E-state index contributed by atoms with van der Waals surface area (Å²) in [5, 5.41) is -0.659. The lowest BCUT2D eigenvalue weighted by atomic mass is 10.1. The third kappa shape index (κ3) is 7.38. The number of hydrogen-bond donors (Lipinski definition) is 0. The van der Waals surface area contributed by atoms with Crippen molar-refractivity contribution < 1.29 is 14.3 Å². The zero-order valence-electron chi connectivity index (χ0n) is 9.96. The van der Waals surface area contributed by atoms with Gasteiger partial charge in [0.25, 0.3) is 0 Å². The Kier molecular flexibility index (Phi) is 9.16. The molecule has 96 valence electrons. The molecule has 0 amide bonds. The normalized spacial score (nSPS) is 13.4. The molecule has 0 aliphatic heterocycles. The molecule has 5 heteroatoms. The Morgan fingerprint density at radius 3 is 1.59 bits per heavy atom. The highest BCUT2D eigenvalue weighted by atomic mass is 35.5. The second-order valence-corrected chi connectivity index (χ2v) is 4.91. The van der Waals surface area contributed by atoms with Crippen LogP contribution in [0.4, 0.5) is 0 Å². The highest BCUT2D eigenvalue weighted by Gasteiger charge is 2.08. The monoisotopic (exact) mass is 278 g/mol. The van der Waals surface area contributed by atoms with E-state index in [9.17, 15) is 9.59 Å². The van der Waals surface area contributed by atoms with Gasteiger partial charge in [-0.3, -0.25) is 0 Å². The fraction of sp³-hybridized carbons (Fsp3) is 0.667. The van der Waals surface area contributed by atoms with E-state index < -0.39 is 0 Å². The summed E-state index contributed by atoms with van der Waals surface area (Å²) in [6, 6.07) is 0. The fourth-order valence-electron chi connectivity index (χ4n) is 1.13. The Balaban J connectivity index is 3.80. The van der Waals surface area contributed by atoms with E-state index in [2.05, 4.69) is 0 Å². The van der Waals surface area contributed by atoms with Gasteiger partial charge in [0.15, 0.2) is 0 Å². The zero-order valence-corrected chi connectivity index (χ0v) is 11.5. The first-order valence-corrected chi connectivity index (χ1v) is 6.23. The molecule has 0 saturated carbocycles. The summed E-state index contributed by atoms with van der Waals surface area (Å²) in [5.41, 5.74) is 0.979. The summed E-state index contributed by atoms with van der Waals surface area (Å²) in [6.45, 7) is 4.18. The van der Waals surface area contributed by atoms with Crippen LogP contribution in [0.3, 0.4) is 0 Å². The van der Waals surface area contributed by atoms with E-state index in [0.717, 1.165) is 0 Å². The van der Waals surface area contributed by atoms with Gasteiger partial charge in [0, 0.05) is 24.0 Å². The molecule has 0 bridgehead atoms. The third-order valence-corrected chi connectivity index (χ3v) is 2.78. The van der Waals surface area contributed by atoms with Crippen LogP contribution in [-0.2, 0) is 14.3 Å². The second kappa shape index (κ2) is 9.47. The van der Waals surface area contributed by atoms with Crippen LogP contribution < -0.4 is 0 Å². The molecule has 0 aromatic heterocycles. The lowest BCUT2D eigenvalue weighted by Crippen LogP contribution is -2.07. The van der Waals surface area contributed by atoms with E-state index in [0.29, 0.717) is 37.2 Å². The molecule has 0 radical (unpaired) electrons. The van der Waals surface area contributed by atoms with Crippen LogP contribution in [-0.4, -0.2) is 35.9 Å². The maximum atomic E-state index is 10.5. The van der Waals surface area contributed by atoms with Crippen LogP contribution in [0.15, 0.2) is 11.1 Å². The van der Waals surface area contributed by atoms with Gasteiger partial charge in [-0.15, -0.1) is 23.2 Å². The Bertz CT molecular complexity index is 293. The Morgan fingerprint density at radius 2 is 1.35 bits per heavy atom. The van der Waals surface area contributed by atoms with E-state index >= 15 is 0 Å². The fourth-order valence-corrected chi connectivity index (χ4v) is 1.44. The molecule has 3 nitrogen and oxygen atoms in total. The summed E-state index contributed by atoms with van der Waals surface area (Å²) < 4.78 is 5.28. The van der Waals surface area contributed by atoms with Gasteiger partial charge in [-0.2, -0.15) is 0 Å². The van der Waals surface area contributed by atoms with Crippen molar-refractivity contribution in [3.8, 4) is 0 Å². The van der Waals surface area contributed by atoms with E-state index in [4.69, 9.17) is 27.9 Å². The van der Waals surface area contributed by atoms with Gasteiger partial charge in [0.1, 0.15) is 11.9 Å². The van der Waals surface area contributed by atoms with Crippen LogP contribution in [0.5, 0.6) is 0 Å². The SMILES string of the molecule is CC(Cl)C(=C=O)CCOCCC(=C=O)C(C)Cl. The Morgan fingerprint density at radius 1 is 1.00 bits per heavy atom. The predicted octanol–water partition coefficient (Wildman–Crippen LogP) is 2.55. The maximum absolute atomic E-state index is 10.5. The smallest absolute Gasteiger partial charge is 0.125 e. The number of carbonyl (C=O) groups excluding carboxylic acids is 2. The minimum atomic E-state index is -0.329. The molecule has 0 aliphatic rings. The summed E-state index contributed by atoms with van der Waals surface area (Å²) in [4.78, 5) is 21.0. The molecule has 0 spiro atoms. The van der Waals surface area contributed by atoms with E-state index in [1.54, 1.807) is 25.7 Å². The van der Waals surface area contributed by atoms with Crippen molar-refractivity contribution in [2.75, 3.05) is 13.2 Å².